The minimum atomic E-state index is -1.46. The molecule has 0 spiro atoms. The molecule has 1 aliphatic carbocycles. The number of ether oxygens (including phenoxy) is 1. The first-order valence-electron chi connectivity index (χ1n) is 7.84. The number of nitriles is 2. The molecular weight excluding hydrogens is 296 g/mol. The van der Waals surface area contributed by atoms with Crippen LogP contribution in [0.3, 0.4) is 0 Å². The maximum Gasteiger partial charge on any atom is 0.228 e. The summed E-state index contributed by atoms with van der Waals surface area (Å²) in [5, 5.41) is 29.6. The Labute approximate surface area is 134 Å². The van der Waals surface area contributed by atoms with E-state index in [1.807, 2.05) is 11.0 Å². The van der Waals surface area contributed by atoms with Gasteiger partial charge in [-0.25, -0.2) is 0 Å². The topological polar surface area (TPSA) is 110 Å². The van der Waals surface area contributed by atoms with Crippen LogP contribution < -0.4 is 0 Å². The highest BCUT2D eigenvalue weighted by Gasteiger charge is 2.57. The van der Waals surface area contributed by atoms with Crippen molar-refractivity contribution in [3.8, 4) is 12.1 Å². The number of aliphatic hydroxyl groups excluding tert-OH is 1. The predicted octanol–water partition coefficient (Wildman–Crippen LogP) is 1.29. The second-order valence-corrected chi connectivity index (χ2v) is 6.03. The molecule has 7 heteroatoms. The maximum absolute atomic E-state index is 12.5. The number of amidine groups is 1. The number of aliphatic hydroxyl groups is 1. The van der Waals surface area contributed by atoms with Crippen LogP contribution in [-0.4, -0.2) is 47.9 Å². The second kappa shape index (κ2) is 6.02. The van der Waals surface area contributed by atoms with Crippen LogP contribution in [0.2, 0.25) is 0 Å². The number of rotatable bonds is 1. The zero-order valence-corrected chi connectivity index (χ0v) is 12.8. The van der Waals surface area contributed by atoms with E-state index >= 15 is 0 Å². The molecule has 1 saturated carbocycles. The van der Waals surface area contributed by atoms with Gasteiger partial charge >= 0.3 is 0 Å². The fourth-order valence-corrected chi connectivity index (χ4v) is 3.72. The van der Waals surface area contributed by atoms with Crippen molar-refractivity contribution in [1.29, 1.82) is 10.5 Å². The number of morpholine rings is 1. The quantitative estimate of drug-likeness (QED) is 0.781. The Kier molecular flexibility index (Phi) is 4.06. The summed E-state index contributed by atoms with van der Waals surface area (Å²) in [5.74, 6) is -0.755. The van der Waals surface area contributed by atoms with Crippen LogP contribution in [0, 0.1) is 34.0 Å². The molecule has 3 aliphatic rings. The molecule has 0 amide bonds. The first-order valence-corrected chi connectivity index (χ1v) is 7.84. The van der Waals surface area contributed by atoms with E-state index < -0.39 is 17.2 Å². The molecular formula is C16H18N4O3. The van der Waals surface area contributed by atoms with Gasteiger partial charge in [-0.2, -0.15) is 15.5 Å². The Hall–Kier alpha value is -2.38. The number of aliphatic imine (C=N–C) groups is 1. The summed E-state index contributed by atoms with van der Waals surface area (Å²) in [5.41, 5.74) is -1.56. The maximum atomic E-state index is 12.5. The lowest BCUT2D eigenvalue weighted by molar-refractivity contribution is -0.126. The van der Waals surface area contributed by atoms with Crippen molar-refractivity contribution in [2.75, 3.05) is 26.3 Å². The molecule has 2 fully saturated rings. The highest BCUT2D eigenvalue weighted by molar-refractivity contribution is 6.03. The van der Waals surface area contributed by atoms with Gasteiger partial charge in [-0.3, -0.25) is 4.79 Å². The summed E-state index contributed by atoms with van der Waals surface area (Å²) in [7, 11) is 0. The Morgan fingerprint density at radius 3 is 2.65 bits per heavy atom. The highest BCUT2D eigenvalue weighted by Crippen LogP contribution is 2.48. The second-order valence-electron chi connectivity index (χ2n) is 6.03. The molecule has 23 heavy (non-hydrogen) atoms. The van der Waals surface area contributed by atoms with Crippen molar-refractivity contribution in [1.82, 2.24) is 4.90 Å². The normalized spacial score (nSPS) is 31.6. The van der Waals surface area contributed by atoms with Crippen LogP contribution in [0.15, 0.2) is 16.4 Å². The van der Waals surface area contributed by atoms with Crippen molar-refractivity contribution < 1.29 is 14.6 Å². The van der Waals surface area contributed by atoms with Gasteiger partial charge in [-0.05, 0) is 12.8 Å². The molecule has 0 aromatic carbocycles. The predicted molar refractivity (Wildman–Crippen MR) is 80.1 cm³/mol. The molecule has 2 atom stereocenters. The first-order chi connectivity index (χ1) is 11.1. The fraction of sp³-hybridized carbons (Fsp3) is 0.625. The number of nitrogens with zero attached hydrogens (tertiary/aromatic N) is 4. The van der Waals surface area contributed by atoms with Crippen LogP contribution in [0.4, 0.5) is 0 Å². The monoisotopic (exact) mass is 314 g/mol. The van der Waals surface area contributed by atoms with Crippen molar-refractivity contribution in [3.63, 3.8) is 0 Å². The lowest BCUT2D eigenvalue weighted by Crippen LogP contribution is -2.52. The summed E-state index contributed by atoms with van der Waals surface area (Å²) in [6, 6.07) is 4.11. The molecule has 3 rings (SSSR count). The Bertz CT molecular complexity index is 664. The molecule has 7 nitrogen and oxygen atoms in total. The van der Waals surface area contributed by atoms with E-state index in [4.69, 9.17) is 4.74 Å². The van der Waals surface area contributed by atoms with E-state index in [0.29, 0.717) is 45.0 Å². The SMILES string of the molecule is N#CC1=C(O)N=C(N2CCOCC2)C1(C#N)C1CCCCC1=O. The standard InChI is InChI=1S/C16H18N4O3/c17-9-12-14(22)19-15(20-5-7-23-8-6-20)16(12,10-18)11-3-1-2-4-13(11)21/h11,22H,1-8H2. The number of ketones is 1. The van der Waals surface area contributed by atoms with Gasteiger partial charge in [0, 0.05) is 25.4 Å². The Balaban J connectivity index is 2.08. The molecule has 120 valence electrons. The minimum Gasteiger partial charge on any atom is -0.492 e. The van der Waals surface area contributed by atoms with Gasteiger partial charge in [0.05, 0.1) is 19.3 Å². The van der Waals surface area contributed by atoms with Crippen LogP contribution >= 0.6 is 0 Å². The van der Waals surface area contributed by atoms with E-state index in [-0.39, 0.29) is 11.4 Å². The third-order valence-electron chi connectivity index (χ3n) is 4.86. The summed E-state index contributed by atoms with van der Waals surface area (Å²) in [4.78, 5) is 18.5. The molecule has 2 heterocycles. The number of carbonyl (C=O) groups is 1. The van der Waals surface area contributed by atoms with Gasteiger partial charge in [-0.15, -0.1) is 0 Å². The zero-order chi connectivity index (χ0) is 16.4. The lowest BCUT2D eigenvalue weighted by atomic mass is 9.64. The molecule has 0 bridgehead atoms. The van der Waals surface area contributed by atoms with Crippen LogP contribution in [0.25, 0.3) is 0 Å². The van der Waals surface area contributed by atoms with E-state index in [9.17, 15) is 20.4 Å². The van der Waals surface area contributed by atoms with Gasteiger partial charge in [0.2, 0.25) is 5.88 Å². The third kappa shape index (κ3) is 2.29. The third-order valence-corrected chi connectivity index (χ3v) is 4.86. The van der Waals surface area contributed by atoms with Gasteiger partial charge < -0.3 is 14.7 Å². The van der Waals surface area contributed by atoms with E-state index in [0.717, 1.165) is 12.8 Å². The summed E-state index contributed by atoms with van der Waals surface area (Å²) >= 11 is 0. The van der Waals surface area contributed by atoms with Crippen molar-refractivity contribution in [3.05, 3.63) is 11.5 Å². The molecule has 1 N–H and O–H groups in total. The molecule has 2 unspecified atom stereocenters. The molecule has 0 aromatic rings. The summed E-state index contributed by atoms with van der Waals surface area (Å²) in [6.45, 7) is 2.02. The first kappa shape index (κ1) is 15.5. The van der Waals surface area contributed by atoms with Gasteiger partial charge in [0.25, 0.3) is 0 Å². The van der Waals surface area contributed by atoms with Gasteiger partial charge in [0.1, 0.15) is 23.3 Å². The van der Waals surface area contributed by atoms with Crippen molar-refractivity contribution in [2.24, 2.45) is 16.3 Å². The van der Waals surface area contributed by atoms with Gasteiger partial charge in [-0.1, -0.05) is 6.42 Å². The van der Waals surface area contributed by atoms with E-state index in [1.165, 1.54) is 0 Å². The van der Waals surface area contributed by atoms with Gasteiger partial charge in [0.15, 0.2) is 5.41 Å². The highest BCUT2D eigenvalue weighted by atomic mass is 16.5. The van der Waals surface area contributed by atoms with E-state index in [2.05, 4.69) is 11.1 Å². The number of hydrogen-bond donors (Lipinski definition) is 1. The molecule has 1 saturated heterocycles. The minimum absolute atomic E-state index is 0.0267. The van der Waals surface area contributed by atoms with Crippen molar-refractivity contribution in [2.45, 2.75) is 25.7 Å². The Morgan fingerprint density at radius 2 is 2.04 bits per heavy atom. The number of hydrogen-bond acceptors (Lipinski definition) is 7. The smallest absolute Gasteiger partial charge is 0.228 e. The molecule has 0 radical (unpaired) electrons. The van der Waals surface area contributed by atoms with Crippen LogP contribution in [0.1, 0.15) is 25.7 Å². The largest absolute Gasteiger partial charge is 0.492 e. The average molecular weight is 314 g/mol. The molecule has 2 aliphatic heterocycles. The summed E-state index contributed by atoms with van der Waals surface area (Å²) in [6.07, 6.45) is 2.58. The Morgan fingerprint density at radius 1 is 1.30 bits per heavy atom. The summed E-state index contributed by atoms with van der Waals surface area (Å²) < 4.78 is 5.32. The van der Waals surface area contributed by atoms with Crippen LogP contribution in [-0.2, 0) is 9.53 Å². The fourth-order valence-electron chi connectivity index (χ4n) is 3.72. The van der Waals surface area contributed by atoms with Crippen molar-refractivity contribution >= 4 is 11.6 Å². The van der Waals surface area contributed by atoms with Crippen LogP contribution in [0.5, 0.6) is 0 Å². The zero-order valence-electron chi connectivity index (χ0n) is 12.8. The number of carbonyl (C=O) groups excluding carboxylic acids is 1. The van der Waals surface area contributed by atoms with E-state index in [1.54, 1.807) is 0 Å². The lowest BCUT2D eigenvalue weighted by Gasteiger charge is -2.39. The average Bonchev–Trinajstić information content (AvgIpc) is 2.88. The molecule has 0 aromatic heterocycles. The number of Topliss-reactive ketones (excluding diaryl/α,β-unsaturated/α-hetero) is 1.